The zero-order valence-electron chi connectivity index (χ0n) is 18.4. The molecule has 0 amide bonds. The first-order chi connectivity index (χ1) is 15.3. The standard InChI is InChI=1S/C26H34N4O/c1-4-14-29(15-5-1)18-19-31-23-10-8-21(9-11-23)20-30-16-12-22(13-17-30)26-27-24-6-2-3-7-25(24)28-26/h2-3,6-11,22H,1,4-5,12-20H2,(H,27,28). The topological polar surface area (TPSA) is 44.4 Å². The van der Waals surface area contributed by atoms with Crippen LogP contribution in [0, 0.1) is 0 Å². The number of imidazole rings is 1. The van der Waals surface area contributed by atoms with Crippen molar-refractivity contribution in [2.75, 3.05) is 39.3 Å². The molecule has 5 rings (SSSR count). The van der Waals surface area contributed by atoms with Crippen molar-refractivity contribution in [3.8, 4) is 5.75 Å². The molecule has 5 heteroatoms. The van der Waals surface area contributed by atoms with E-state index >= 15 is 0 Å². The Kier molecular flexibility index (Phi) is 6.51. The first kappa shape index (κ1) is 20.5. The molecule has 0 aliphatic carbocycles. The van der Waals surface area contributed by atoms with Gasteiger partial charge >= 0.3 is 0 Å². The third kappa shape index (κ3) is 5.28. The van der Waals surface area contributed by atoms with Gasteiger partial charge in [0.2, 0.25) is 0 Å². The third-order valence-corrected chi connectivity index (χ3v) is 6.84. The average Bonchev–Trinajstić information content (AvgIpc) is 3.26. The number of nitrogens with zero attached hydrogens (tertiary/aromatic N) is 3. The van der Waals surface area contributed by atoms with E-state index in [1.54, 1.807) is 0 Å². The fourth-order valence-corrected chi connectivity index (χ4v) is 4.96. The molecule has 0 saturated carbocycles. The number of ether oxygens (including phenoxy) is 1. The Labute approximate surface area is 185 Å². The van der Waals surface area contributed by atoms with E-state index in [9.17, 15) is 0 Å². The van der Waals surface area contributed by atoms with E-state index in [0.717, 1.165) is 68.2 Å². The number of hydrogen-bond acceptors (Lipinski definition) is 4. The minimum Gasteiger partial charge on any atom is -0.492 e. The number of piperidine rings is 2. The second-order valence-electron chi connectivity index (χ2n) is 9.08. The molecule has 3 aromatic rings. The van der Waals surface area contributed by atoms with E-state index in [4.69, 9.17) is 9.72 Å². The Morgan fingerprint density at radius 2 is 1.65 bits per heavy atom. The molecule has 1 aromatic heterocycles. The fraction of sp³-hybridized carbons (Fsp3) is 0.500. The Morgan fingerprint density at radius 1 is 0.871 bits per heavy atom. The van der Waals surface area contributed by atoms with Crippen molar-refractivity contribution in [3.63, 3.8) is 0 Å². The summed E-state index contributed by atoms with van der Waals surface area (Å²) in [6.07, 6.45) is 6.39. The van der Waals surface area contributed by atoms with Crippen molar-refractivity contribution < 1.29 is 4.74 Å². The van der Waals surface area contributed by atoms with E-state index in [-0.39, 0.29) is 0 Å². The van der Waals surface area contributed by atoms with Gasteiger partial charge in [0.05, 0.1) is 11.0 Å². The van der Waals surface area contributed by atoms with Crippen LogP contribution in [0.1, 0.15) is 49.4 Å². The predicted octanol–water partition coefficient (Wildman–Crippen LogP) is 4.81. The fourth-order valence-electron chi connectivity index (χ4n) is 4.96. The number of para-hydroxylation sites is 2. The molecular formula is C26H34N4O. The lowest BCUT2D eigenvalue weighted by molar-refractivity contribution is 0.183. The summed E-state index contributed by atoms with van der Waals surface area (Å²) in [5, 5.41) is 0. The number of aromatic nitrogens is 2. The van der Waals surface area contributed by atoms with Crippen molar-refractivity contribution in [1.29, 1.82) is 0 Å². The number of nitrogens with one attached hydrogen (secondary N) is 1. The maximum atomic E-state index is 5.98. The summed E-state index contributed by atoms with van der Waals surface area (Å²) >= 11 is 0. The number of rotatable bonds is 7. The highest BCUT2D eigenvalue weighted by atomic mass is 16.5. The van der Waals surface area contributed by atoms with Gasteiger partial charge in [-0.15, -0.1) is 0 Å². The number of fused-ring (bicyclic) bond motifs is 1. The molecule has 164 valence electrons. The van der Waals surface area contributed by atoms with Crippen LogP contribution in [0.4, 0.5) is 0 Å². The molecule has 0 atom stereocenters. The highest BCUT2D eigenvalue weighted by Crippen LogP contribution is 2.28. The summed E-state index contributed by atoms with van der Waals surface area (Å²) < 4.78 is 5.98. The van der Waals surface area contributed by atoms with Crippen molar-refractivity contribution >= 4 is 11.0 Å². The average molecular weight is 419 g/mol. The van der Waals surface area contributed by atoms with Crippen molar-refractivity contribution in [1.82, 2.24) is 19.8 Å². The molecule has 3 heterocycles. The van der Waals surface area contributed by atoms with Crippen molar-refractivity contribution in [2.45, 2.75) is 44.6 Å². The van der Waals surface area contributed by atoms with Crippen LogP contribution < -0.4 is 4.74 Å². The van der Waals surface area contributed by atoms with Crippen LogP contribution in [0.15, 0.2) is 48.5 Å². The monoisotopic (exact) mass is 418 g/mol. The largest absolute Gasteiger partial charge is 0.492 e. The van der Waals surface area contributed by atoms with Crippen LogP contribution in [0.3, 0.4) is 0 Å². The smallest absolute Gasteiger partial charge is 0.119 e. The molecule has 2 aromatic carbocycles. The summed E-state index contributed by atoms with van der Waals surface area (Å²) in [6.45, 7) is 7.55. The van der Waals surface area contributed by atoms with Crippen LogP contribution in [0.5, 0.6) is 5.75 Å². The van der Waals surface area contributed by atoms with Crippen LogP contribution >= 0.6 is 0 Å². The molecule has 0 radical (unpaired) electrons. The quantitative estimate of drug-likeness (QED) is 0.598. The summed E-state index contributed by atoms with van der Waals surface area (Å²) in [4.78, 5) is 13.4. The molecule has 2 saturated heterocycles. The predicted molar refractivity (Wildman–Crippen MR) is 126 cm³/mol. The van der Waals surface area contributed by atoms with Gasteiger partial charge in [0.1, 0.15) is 18.2 Å². The normalized spacial score (nSPS) is 19.1. The number of benzene rings is 2. The first-order valence-electron chi connectivity index (χ1n) is 11.9. The SMILES string of the molecule is c1ccc2[nH]c(C3CCN(Cc4ccc(OCCN5CCCCC5)cc4)CC3)nc2c1. The van der Waals surface area contributed by atoms with E-state index in [2.05, 4.69) is 63.3 Å². The lowest BCUT2D eigenvalue weighted by Crippen LogP contribution is -2.33. The molecule has 2 aliphatic heterocycles. The molecule has 2 fully saturated rings. The lowest BCUT2D eigenvalue weighted by atomic mass is 9.96. The number of likely N-dealkylation sites (tertiary alicyclic amines) is 2. The van der Waals surface area contributed by atoms with Gasteiger partial charge in [-0.1, -0.05) is 30.7 Å². The van der Waals surface area contributed by atoms with E-state index in [0.29, 0.717) is 5.92 Å². The Balaban J connectivity index is 1.07. The van der Waals surface area contributed by atoms with Crippen LogP contribution in [-0.2, 0) is 6.54 Å². The van der Waals surface area contributed by atoms with Crippen LogP contribution in [-0.4, -0.2) is 59.1 Å². The highest BCUT2D eigenvalue weighted by Gasteiger charge is 2.23. The van der Waals surface area contributed by atoms with Crippen molar-refractivity contribution in [3.05, 3.63) is 59.9 Å². The molecule has 0 unspecified atom stereocenters. The molecule has 1 N–H and O–H groups in total. The number of aromatic amines is 1. The van der Waals surface area contributed by atoms with E-state index in [1.165, 1.54) is 37.9 Å². The zero-order valence-corrected chi connectivity index (χ0v) is 18.4. The summed E-state index contributed by atoms with van der Waals surface area (Å²) in [6, 6.07) is 17.0. The molecule has 31 heavy (non-hydrogen) atoms. The number of H-pyrrole nitrogens is 1. The van der Waals surface area contributed by atoms with Gasteiger partial charge in [-0.2, -0.15) is 0 Å². The lowest BCUT2D eigenvalue weighted by Gasteiger charge is -2.31. The molecule has 5 nitrogen and oxygen atoms in total. The maximum absolute atomic E-state index is 5.98. The Bertz CT molecular complexity index is 920. The second-order valence-corrected chi connectivity index (χ2v) is 9.08. The zero-order chi connectivity index (χ0) is 20.9. The Morgan fingerprint density at radius 3 is 2.42 bits per heavy atom. The minimum absolute atomic E-state index is 0.541. The summed E-state index contributed by atoms with van der Waals surface area (Å²) in [5.74, 6) is 2.69. The maximum Gasteiger partial charge on any atom is 0.119 e. The molecule has 2 aliphatic rings. The number of hydrogen-bond donors (Lipinski definition) is 1. The highest BCUT2D eigenvalue weighted by molar-refractivity contribution is 5.74. The van der Waals surface area contributed by atoms with E-state index in [1.807, 2.05) is 0 Å². The summed E-state index contributed by atoms with van der Waals surface area (Å²) in [7, 11) is 0. The van der Waals surface area contributed by atoms with Gasteiger partial charge in [0.25, 0.3) is 0 Å². The molecular weight excluding hydrogens is 384 g/mol. The van der Waals surface area contributed by atoms with Gasteiger partial charge in [0.15, 0.2) is 0 Å². The van der Waals surface area contributed by atoms with Gasteiger partial charge in [-0.25, -0.2) is 4.98 Å². The third-order valence-electron chi connectivity index (χ3n) is 6.84. The van der Waals surface area contributed by atoms with Crippen LogP contribution in [0.25, 0.3) is 11.0 Å². The van der Waals surface area contributed by atoms with Gasteiger partial charge < -0.3 is 9.72 Å². The first-order valence-corrected chi connectivity index (χ1v) is 11.9. The van der Waals surface area contributed by atoms with Crippen molar-refractivity contribution in [2.24, 2.45) is 0 Å². The minimum atomic E-state index is 0.541. The van der Waals surface area contributed by atoms with Crippen LogP contribution in [0.2, 0.25) is 0 Å². The van der Waals surface area contributed by atoms with Gasteiger partial charge in [-0.3, -0.25) is 9.80 Å². The van der Waals surface area contributed by atoms with Gasteiger partial charge in [0, 0.05) is 19.0 Å². The summed E-state index contributed by atoms with van der Waals surface area (Å²) in [5.41, 5.74) is 3.60. The van der Waals surface area contributed by atoms with Gasteiger partial charge in [-0.05, 0) is 81.7 Å². The van der Waals surface area contributed by atoms with E-state index < -0.39 is 0 Å². The Hall–Kier alpha value is -2.37. The second kappa shape index (κ2) is 9.84. The molecule has 0 bridgehead atoms. The molecule has 0 spiro atoms.